The molecule has 0 bridgehead atoms. The van der Waals surface area contributed by atoms with E-state index in [0.717, 1.165) is 16.7 Å². The maximum absolute atomic E-state index is 10.6. The summed E-state index contributed by atoms with van der Waals surface area (Å²) in [6.07, 6.45) is 5.01. The lowest BCUT2D eigenvalue weighted by molar-refractivity contribution is 0.0690. The molecule has 0 atom stereocenters. The average Bonchev–Trinajstić information content (AvgIpc) is 2.30. The van der Waals surface area contributed by atoms with Gasteiger partial charge >= 0.3 is 5.97 Å². The predicted molar refractivity (Wildman–Crippen MR) is 59.2 cm³/mol. The second-order valence-corrected chi connectivity index (χ2v) is 3.43. The number of aryl methyl sites for hydroxylation is 1. The minimum atomic E-state index is -1.02. The lowest BCUT2D eigenvalue weighted by Gasteiger charge is -2.04. The number of pyridine rings is 2. The highest BCUT2D eigenvalue weighted by Crippen LogP contribution is 2.21. The second kappa shape index (κ2) is 4.10. The van der Waals surface area contributed by atoms with E-state index in [4.69, 9.17) is 5.11 Å². The molecule has 0 saturated heterocycles. The van der Waals surface area contributed by atoms with E-state index >= 15 is 0 Å². The van der Waals surface area contributed by atoms with E-state index in [2.05, 4.69) is 9.97 Å². The van der Waals surface area contributed by atoms with Crippen molar-refractivity contribution < 1.29 is 9.90 Å². The van der Waals surface area contributed by atoms with E-state index in [0.29, 0.717) is 0 Å². The second-order valence-electron chi connectivity index (χ2n) is 3.43. The number of rotatable bonds is 2. The molecule has 4 nitrogen and oxygen atoms in total. The molecule has 2 aromatic heterocycles. The van der Waals surface area contributed by atoms with E-state index in [9.17, 15) is 4.79 Å². The zero-order valence-electron chi connectivity index (χ0n) is 8.71. The van der Waals surface area contributed by atoms with Crippen LogP contribution >= 0.6 is 0 Å². The molecule has 0 aliphatic heterocycles. The third-order valence-electron chi connectivity index (χ3n) is 2.33. The monoisotopic (exact) mass is 214 g/mol. The number of carbonyl (C=O) groups is 1. The first kappa shape index (κ1) is 10.3. The Morgan fingerprint density at radius 3 is 2.62 bits per heavy atom. The van der Waals surface area contributed by atoms with Crippen LogP contribution in [-0.2, 0) is 0 Å². The molecule has 4 heteroatoms. The Morgan fingerprint density at radius 1 is 1.25 bits per heavy atom. The Labute approximate surface area is 92.6 Å². The van der Waals surface area contributed by atoms with Gasteiger partial charge in [-0.2, -0.15) is 0 Å². The van der Waals surface area contributed by atoms with Gasteiger partial charge in [0.15, 0.2) is 0 Å². The Bertz CT molecular complexity index is 521. The zero-order chi connectivity index (χ0) is 11.5. The third-order valence-corrected chi connectivity index (χ3v) is 2.33. The van der Waals surface area contributed by atoms with Crippen molar-refractivity contribution in [3.8, 4) is 11.1 Å². The number of aromatic nitrogens is 2. The Kier molecular flexibility index (Phi) is 2.64. The standard InChI is InChI=1S/C12H10N2O2/c1-8-4-5-13-7-10(8)9-2-3-11(12(15)16)14-6-9/h2-7H,1H3,(H,15,16). The smallest absolute Gasteiger partial charge is 0.354 e. The van der Waals surface area contributed by atoms with Crippen molar-refractivity contribution in [1.29, 1.82) is 0 Å². The van der Waals surface area contributed by atoms with Crippen LogP contribution in [0.15, 0.2) is 36.8 Å². The molecule has 0 aliphatic carbocycles. The molecule has 0 radical (unpaired) electrons. The molecule has 0 spiro atoms. The number of nitrogens with zero attached hydrogens (tertiary/aromatic N) is 2. The molecule has 2 aromatic rings. The van der Waals surface area contributed by atoms with Gasteiger partial charge in [0.1, 0.15) is 5.69 Å². The highest BCUT2D eigenvalue weighted by Gasteiger charge is 2.06. The van der Waals surface area contributed by atoms with Crippen molar-refractivity contribution in [3.63, 3.8) is 0 Å². The van der Waals surface area contributed by atoms with Crippen LogP contribution in [0.5, 0.6) is 0 Å². The summed E-state index contributed by atoms with van der Waals surface area (Å²) in [5.41, 5.74) is 2.97. The Balaban J connectivity index is 2.43. The minimum Gasteiger partial charge on any atom is -0.477 e. The molecular formula is C12H10N2O2. The number of hydrogen-bond acceptors (Lipinski definition) is 3. The van der Waals surface area contributed by atoms with Gasteiger partial charge in [-0.15, -0.1) is 0 Å². The lowest BCUT2D eigenvalue weighted by atomic mass is 10.1. The van der Waals surface area contributed by atoms with Crippen molar-refractivity contribution in [2.24, 2.45) is 0 Å². The normalized spacial score (nSPS) is 10.1. The molecule has 16 heavy (non-hydrogen) atoms. The first-order chi connectivity index (χ1) is 7.68. The molecular weight excluding hydrogens is 204 g/mol. The minimum absolute atomic E-state index is 0.0466. The molecule has 80 valence electrons. The van der Waals surface area contributed by atoms with Crippen LogP contribution in [0.25, 0.3) is 11.1 Å². The first-order valence-electron chi connectivity index (χ1n) is 4.79. The van der Waals surface area contributed by atoms with E-state index in [1.165, 1.54) is 6.07 Å². The van der Waals surface area contributed by atoms with Crippen LogP contribution in [-0.4, -0.2) is 21.0 Å². The molecule has 2 heterocycles. The maximum atomic E-state index is 10.6. The van der Waals surface area contributed by atoms with Gasteiger partial charge in [-0.25, -0.2) is 9.78 Å². The van der Waals surface area contributed by atoms with Gasteiger partial charge in [0.2, 0.25) is 0 Å². The van der Waals surface area contributed by atoms with Crippen molar-refractivity contribution in [1.82, 2.24) is 9.97 Å². The molecule has 0 aromatic carbocycles. The molecule has 0 fully saturated rings. The SMILES string of the molecule is Cc1ccncc1-c1ccc(C(=O)O)nc1. The van der Waals surface area contributed by atoms with Gasteiger partial charge in [-0.1, -0.05) is 6.07 Å². The number of carboxylic acids is 1. The summed E-state index contributed by atoms with van der Waals surface area (Å²) in [5.74, 6) is -1.02. The van der Waals surface area contributed by atoms with Crippen LogP contribution in [0.2, 0.25) is 0 Å². The summed E-state index contributed by atoms with van der Waals surface area (Å²) in [6, 6.07) is 5.13. The fourth-order valence-corrected chi connectivity index (χ4v) is 1.45. The molecule has 0 saturated carbocycles. The fraction of sp³-hybridized carbons (Fsp3) is 0.0833. The van der Waals surface area contributed by atoms with Crippen molar-refractivity contribution in [2.45, 2.75) is 6.92 Å². The summed E-state index contributed by atoms with van der Waals surface area (Å²) in [5, 5.41) is 8.73. The Morgan fingerprint density at radius 2 is 2.06 bits per heavy atom. The fourth-order valence-electron chi connectivity index (χ4n) is 1.45. The van der Waals surface area contributed by atoms with E-state index < -0.39 is 5.97 Å². The van der Waals surface area contributed by atoms with Crippen molar-refractivity contribution in [3.05, 3.63) is 48.0 Å². The highest BCUT2D eigenvalue weighted by atomic mass is 16.4. The van der Waals surface area contributed by atoms with Gasteiger partial charge in [0, 0.05) is 29.7 Å². The topological polar surface area (TPSA) is 63.1 Å². The first-order valence-corrected chi connectivity index (χ1v) is 4.79. The van der Waals surface area contributed by atoms with Crippen molar-refractivity contribution >= 4 is 5.97 Å². The van der Waals surface area contributed by atoms with Crippen LogP contribution in [0.1, 0.15) is 16.1 Å². The zero-order valence-corrected chi connectivity index (χ0v) is 8.71. The summed E-state index contributed by atoms with van der Waals surface area (Å²) >= 11 is 0. The molecule has 1 N–H and O–H groups in total. The number of hydrogen-bond donors (Lipinski definition) is 1. The molecule has 0 amide bonds. The van der Waals surface area contributed by atoms with Gasteiger partial charge in [0.05, 0.1) is 0 Å². The number of carboxylic acid groups (broad SMARTS) is 1. The van der Waals surface area contributed by atoms with E-state index in [-0.39, 0.29) is 5.69 Å². The van der Waals surface area contributed by atoms with Gasteiger partial charge in [0.25, 0.3) is 0 Å². The maximum Gasteiger partial charge on any atom is 0.354 e. The predicted octanol–water partition coefficient (Wildman–Crippen LogP) is 2.15. The number of aromatic carboxylic acids is 1. The van der Waals surface area contributed by atoms with Crippen LogP contribution in [0.3, 0.4) is 0 Å². The summed E-state index contributed by atoms with van der Waals surface area (Å²) < 4.78 is 0. The average molecular weight is 214 g/mol. The van der Waals surface area contributed by atoms with Crippen LogP contribution < -0.4 is 0 Å². The summed E-state index contributed by atoms with van der Waals surface area (Å²) in [6.45, 7) is 1.97. The summed E-state index contributed by atoms with van der Waals surface area (Å²) in [4.78, 5) is 18.5. The lowest BCUT2D eigenvalue weighted by Crippen LogP contribution is -1.99. The van der Waals surface area contributed by atoms with Crippen molar-refractivity contribution in [2.75, 3.05) is 0 Å². The largest absolute Gasteiger partial charge is 0.477 e. The van der Waals surface area contributed by atoms with E-state index in [1.807, 2.05) is 13.0 Å². The van der Waals surface area contributed by atoms with Gasteiger partial charge in [-0.05, 0) is 24.6 Å². The van der Waals surface area contributed by atoms with Gasteiger partial charge in [-0.3, -0.25) is 4.98 Å². The van der Waals surface area contributed by atoms with Crippen LogP contribution in [0, 0.1) is 6.92 Å². The van der Waals surface area contributed by atoms with E-state index in [1.54, 1.807) is 24.7 Å². The molecule has 0 aliphatic rings. The molecule has 2 rings (SSSR count). The van der Waals surface area contributed by atoms with Gasteiger partial charge < -0.3 is 5.11 Å². The highest BCUT2D eigenvalue weighted by molar-refractivity contribution is 5.85. The third kappa shape index (κ3) is 1.91. The quantitative estimate of drug-likeness (QED) is 0.831. The summed E-state index contributed by atoms with van der Waals surface area (Å²) in [7, 11) is 0. The Hall–Kier alpha value is -2.23. The van der Waals surface area contributed by atoms with Crippen LogP contribution in [0.4, 0.5) is 0 Å². The molecule has 0 unspecified atom stereocenters.